The van der Waals surface area contributed by atoms with E-state index < -0.39 is 0 Å². The maximum atomic E-state index is 5.67. The topological polar surface area (TPSA) is 9.23 Å². The monoisotopic (exact) mass is 162 g/mol. The van der Waals surface area contributed by atoms with Gasteiger partial charge in [0, 0.05) is 0 Å². The summed E-state index contributed by atoms with van der Waals surface area (Å²) < 4.78 is 5.67. The van der Waals surface area contributed by atoms with Crippen molar-refractivity contribution >= 4 is 0 Å². The highest BCUT2D eigenvalue weighted by Crippen LogP contribution is 2.26. The molecule has 0 N–H and O–H groups in total. The van der Waals surface area contributed by atoms with E-state index in [4.69, 9.17) is 4.74 Å². The molecule has 0 unspecified atom stereocenters. The third kappa shape index (κ3) is 1.79. The number of aryl methyl sites for hydroxylation is 1. The van der Waals surface area contributed by atoms with Gasteiger partial charge in [-0.3, -0.25) is 0 Å². The van der Waals surface area contributed by atoms with Crippen LogP contribution in [0.2, 0.25) is 0 Å². The Hall–Kier alpha value is -0.980. The minimum atomic E-state index is 0.511. The summed E-state index contributed by atoms with van der Waals surface area (Å²) in [5.41, 5.74) is 1.35. The highest BCUT2D eigenvalue weighted by atomic mass is 16.5. The molecule has 1 fully saturated rings. The maximum Gasteiger partial charge on any atom is 0.119 e. The van der Waals surface area contributed by atoms with Gasteiger partial charge in [0.05, 0.1) is 6.10 Å². The summed E-state index contributed by atoms with van der Waals surface area (Å²) in [6.45, 7) is 2.16. The average Bonchev–Trinajstić information content (AvgIpc) is 2.89. The SMILES string of the molecule is CCc1cccc(OC2CC2)c1. The second kappa shape index (κ2) is 3.18. The van der Waals surface area contributed by atoms with Gasteiger partial charge in [0.25, 0.3) is 0 Å². The van der Waals surface area contributed by atoms with Crippen LogP contribution in [0.5, 0.6) is 5.75 Å². The molecule has 1 aliphatic carbocycles. The minimum Gasteiger partial charge on any atom is -0.490 e. The molecular formula is C11H14O. The zero-order valence-electron chi connectivity index (χ0n) is 7.42. The average molecular weight is 162 g/mol. The van der Waals surface area contributed by atoms with E-state index in [1.165, 1.54) is 18.4 Å². The van der Waals surface area contributed by atoms with E-state index in [9.17, 15) is 0 Å². The molecule has 1 nitrogen and oxygen atoms in total. The minimum absolute atomic E-state index is 0.511. The molecule has 0 atom stereocenters. The molecule has 1 aliphatic rings. The van der Waals surface area contributed by atoms with Crippen LogP contribution in [0.25, 0.3) is 0 Å². The first-order valence-corrected chi connectivity index (χ1v) is 4.64. The van der Waals surface area contributed by atoms with Gasteiger partial charge < -0.3 is 4.74 Å². The molecule has 0 saturated heterocycles. The van der Waals surface area contributed by atoms with E-state index in [-0.39, 0.29) is 0 Å². The summed E-state index contributed by atoms with van der Waals surface area (Å²) in [4.78, 5) is 0. The molecule has 1 saturated carbocycles. The zero-order chi connectivity index (χ0) is 8.39. The van der Waals surface area contributed by atoms with Crippen molar-refractivity contribution in [3.8, 4) is 5.75 Å². The Kier molecular flexibility index (Phi) is 2.03. The fourth-order valence-corrected chi connectivity index (χ4v) is 1.22. The van der Waals surface area contributed by atoms with E-state index in [0.29, 0.717) is 6.10 Å². The van der Waals surface area contributed by atoms with Crippen molar-refractivity contribution in [2.24, 2.45) is 0 Å². The lowest BCUT2D eigenvalue weighted by molar-refractivity contribution is 0.303. The maximum absolute atomic E-state index is 5.67. The lowest BCUT2D eigenvalue weighted by Gasteiger charge is -2.04. The van der Waals surface area contributed by atoms with E-state index in [1.807, 2.05) is 6.07 Å². The molecule has 0 radical (unpaired) electrons. The summed E-state index contributed by atoms with van der Waals surface area (Å²) in [6.07, 6.45) is 4.06. The van der Waals surface area contributed by atoms with Crippen molar-refractivity contribution in [3.63, 3.8) is 0 Å². The van der Waals surface area contributed by atoms with Crippen LogP contribution in [0.1, 0.15) is 25.3 Å². The molecule has 12 heavy (non-hydrogen) atoms. The molecule has 0 spiro atoms. The largest absolute Gasteiger partial charge is 0.490 e. The quantitative estimate of drug-likeness (QED) is 0.664. The summed E-state index contributed by atoms with van der Waals surface area (Å²) in [7, 11) is 0. The molecule has 0 aromatic heterocycles. The predicted octanol–water partition coefficient (Wildman–Crippen LogP) is 2.79. The standard InChI is InChI=1S/C11H14O/c1-2-9-4-3-5-11(8-9)12-10-6-7-10/h3-5,8,10H,2,6-7H2,1H3. The normalized spacial score (nSPS) is 16.1. The van der Waals surface area contributed by atoms with Crippen molar-refractivity contribution in [1.29, 1.82) is 0 Å². The van der Waals surface area contributed by atoms with Crippen LogP contribution in [0.4, 0.5) is 0 Å². The van der Waals surface area contributed by atoms with Crippen LogP contribution in [-0.2, 0) is 6.42 Å². The lowest BCUT2D eigenvalue weighted by atomic mass is 10.2. The molecule has 1 heteroatoms. The van der Waals surface area contributed by atoms with Crippen LogP contribution < -0.4 is 4.74 Å². The van der Waals surface area contributed by atoms with Crippen LogP contribution >= 0.6 is 0 Å². The van der Waals surface area contributed by atoms with Gasteiger partial charge in [-0.25, -0.2) is 0 Å². The number of hydrogen-bond donors (Lipinski definition) is 0. The highest BCUT2D eigenvalue weighted by molar-refractivity contribution is 5.28. The van der Waals surface area contributed by atoms with E-state index in [1.54, 1.807) is 0 Å². The Bertz CT molecular complexity index is 263. The van der Waals surface area contributed by atoms with Crippen molar-refractivity contribution in [2.45, 2.75) is 32.3 Å². The fraction of sp³-hybridized carbons (Fsp3) is 0.455. The van der Waals surface area contributed by atoms with Crippen LogP contribution in [0.3, 0.4) is 0 Å². The summed E-state index contributed by atoms with van der Waals surface area (Å²) >= 11 is 0. The van der Waals surface area contributed by atoms with Gasteiger partial charge in [0.2, 0.25) is 0 Å². The van der Waals surface area contributed by atoms with Crippen molar-refractivity contribution in [1.82, 2.24) is 0 Å². The lowest BCUT2D eigenvalue weighted by Crippen LogP contribution is -1.95. The molecular weight excluding hydrogens is 148 g/mol. The number of hydrogen-bond acceptors (Lipinski definition) is 1. The molecule has 0 aliphatic heterocycles. The predicted molar refractivity (Wildman–Crippen MR) is 49.5 cm³/mol. The van der Waals surface area contributed by atoms with Gasteiger partial charge in [-0.15, -0.1) is 0 Å². The molecule has 2 rings (SSSR count). The fourth-order valence-electron chi connectivity index (χ4n) is 1.22. The third-order valence-electron chi connectivity index (χ3n) is 2.13. The van der Waals surface area contributed by atoms with Crippen LogP contribution in [-0.4, -0.2) is 6.10 Å². The molecule has 0 heterocycles. The van der Waals surface area contributed by atoms with Gasteiger partial charge in [0.15, 0.2) is 0 Å². The second-order valence-corrected chi connectivity index (χ2v) is 3.32. The smallest absolute Gasteiger partial charge is 0.119 e. The Morgan fingerprint density at radius 1 is 1.42 bits per heavy atom. The van der Waals surface area contributed by atoms with Crippen LogP contribution in [0.15, 0.2) is 24.3 Å². The highest BCUT2D eigenvalue weighted by Gasteiger charge is 2.23. The van der Waals surface area contributed by atoms with Gasteiger partial charge in [0.1, 0.15) is 5.75 Å². The van der Waals surface area contributed by atoms with Crippen molar-refractivity contribution in [2.75, 3.05) is 0 Å². The first kappa shape index (κ1) is 7.66. The molecule has 0 amide bonds. The van der Waals surface area contributed by atoms with E-state index >= 15 is 0 Å². The molecule has 64 valence electrons. The Morgan fingerprint density at radius 2 is 2.25 bits per heavy atom. The molecule has 1 aromatic carbocycles. The van der Waals surface area contributed by atoms with Crippen LogP contribution in [0, 0.1) is 0 Å². The number of rotatable bonds is 3. The summed E-state index contributed by atoms with van der Waals surface area (Å²) in [6, 6.07) is 8.38. The zero-order valence-corrected chi connectivity index (χ0v) is 7.42. The van der Waals surface area contributed by atoms with Gasteiger partial charge in [-0.1, -0.05) is 19.1 Å². The number of ether oxygens (including phenoxy) is 1. The Labute approximate surface area is 73.4 Å². The van der Waals surface area contributed by atoms with Crippen molar-refractivity contribution < 1.29 is 4.74 Å². The number of benzene rings is 1. The Balaban J connectivity index is 2.08. The Morgan fingerprint density at radius 3 is 2.92 bits per heavy atom. The molecule has 0 bridgehead atoms. The summed E-state index contributed by atoms with van der Waals surface area (Å²) in [5.74, 6) is 1.04. The van der Waals surface area contributed by atoms with Gasteiger partial charge in [-0.2, -0.15) is 0 Å². The van der Waals surface area contributed by atoms with Gasteiger partial charge in [-0.05, 0) is 37.0 Å². The van der Waals surface area contributed by atoms with E-state index in [2.05, 4.69) is 25.1 Å². The summed E-state index contributed by atoms with van der Waals surface area (Å²) in [5, 5.41) is 0. The first-order chi connectivity index (χ1) is 5.88. The van der Waals surface area contributed by atoms with E-state index in [0.717, 1.165) is 12.2 Å². The second-order valence-electron chi connectivity index (χ2n) is 3.32. The van der Waals surface area contributed by atoms with Crippen molar-refractivity contribution in [3.05, 3.63) is 29.8 Å². The first-order valence-electron chi connectivity index (χ1n) is 4.64. The molecule has 1 aromatic rings. The van der Waals surface area contributed by atoms with Gasteiger partial charge >= 0.3 is 0 Å². The third-order valence-corrected chi connectivity index (χ3v) is 2.13.